The monoisotopic (exact) mass is 476 g/mol. The minimum Gasteiger partial charge on any atom is -0.489 e. The van der Waals surface area contributed by atoms with E-state index in [2.05, 4.69) is 27.5 Å². The largest absolute Gasteiger partial charge is 0.489 e. The van der Waals surface area contributed by atoms with Gasteiger partial charge in [0.2, 0.25) is 5.91 Å². The Morgan fingerprint density at radius 3 is 2.73 bits per heavy atom. The molecular weight excluding hydrogens is 447 g/mol. The Labute approximate surface area is 172 Å². The Balaban J connectivity index is 0.00000625. The molecule has 0 unspecified atom stereocenters. The summed E-state index contributed by atoms with van der Waals surface area (Å²) in [5.74, 6) is 1.24. The molecule has 1 rings (SSSR count). The Bertz CT molecular complexity index is 567. The summed E-state index contributed by atoms with van der Waals surface area (Å²) in [6, 6.07) is 7.72. The number of ether oxygens (including phenoxy) is 2. The van der Waals surface area contributed by atoms with Crippen molar-refractivity contribution < 1.29 is 14.3 Å². The van der Waals surface area contributed by atoms with E-state index in [0.717, 1.165) is 11.3 Å². The molecule has 146 valence electrons. The summed E-state index contributed by atoms with van der Waals surface area (Å²) in [6.45, 7) is 8.32. The lowest BCUT2D eigenvalue weighted by Gasteiger charge is -2.12. The third-order valence-electron chi connectivity index (χ3n) is 3.13. The number of aliphatic imine (C=N–C) groups is 1. The SMILES string of the molecule is C=CCOc1ccccc1CN=C(NCC)NCC(=O)NCCOC.I. The van der Waals surface area contributed by atoms with Crippen LogP contribution in [-0.2, 0) is 16.1 Å². The van der Waals surface area contributed by atoms with Crippen LogP contribution in [0.3, 0.4) is 0 Å². The van der Waals surface area contributed by atoms with E-state index >= 15 is 0 Å². The number of carbonyl (C=O) groups excluding carboxylic acids is 1. The van der Waals surface area contributed by atoms with Gasteiger partial charge in [-0.3, -0.25) is 4.79 Å². The Kier molecular flexibility index (Phi) is 14.4. The first kappa shape index (κ1) is 24.2. The number of halogens is 1. The van der Waals surface area contributed by atoms with Crippen LogP contribution in [0.1, 0.15) is 12.5 Å². The molecule has 7 nitrogen and oxygen atoms in total. The number of hydrogen-bond donors (Lipinski definition) is 3. The van der Waals surface area contributed by atoms with Crippen LogP contribution in [0, 0.1) is 0 Å². The lowest BCUT2D eigenvalue weighted by Crippen LogP contribution is -2.43. The van der Waals surface area contributed by atoms with E-state index in [1.54, 1.807) is 13.2 Å². The van der Waals surface area contributed by atoms with E-state index in [1.165, 1.54) is 0 Å². The highest BCUT2D eigenvalue weighted by atomic mass is 127. The highest BCUT2D eigenvalue weighted by Crippen LogP contribution is 2.18. The first-order valence-corrected chi connectivity index (χ1v) is 8.30. The minimum absolute atomic E-state index is 0. The summed E-state index contributed by atoms with van der Waals surface area (Å²) in [5.41, 5.74) is 0.964. The van der Waals surface area contributed by atoms with Gasteiger partial charge >= 0.3 is 0 Å². The molecule has 8 heteroatoms. The number of amides is 1. The van der Waals surface area contributed by atoms with Crippen LogP contribution < -0.4 is 20.7 Å². The van der Waals surface area contributed by atoms with Gasteiger partial charge in [0.1, 0.15) is 12.4 Å². The number of methoxy groups -OCH3 is 1. The van der Waals surface area contributed by atoms with Gasteiger partial charge < -0.3 is 25.4 Å². The number of nitrogens with one attached hydrogen (secondary N) is 3. The number of rotatable bonds is 11. The molecule has 1 aromatic carbocycles. The second-order valence-corrected chi connectivity index (χ2v) is 5.10. The molecule has 3 N–H and O–H groups in total. The van der Waals surface area contributed by atoms with Crippen molar-refractivity contribution >= 4 is 35.8 Å². The number of hydrogen-bond acceptors (Lipinski definition) is 4. The number of benzene rings is 1. The molecule has 0 radical (unpaired) electrons. The van der Waals surface area contributed by atoms with Gasteiger partial charge in [-0.25, -0.2) is 4.99 Å². The van der Waals surface area contributed by atoms with Crippen molar-refractivity contribution in [2.24, 2.45) is 4.99 Å². The Morgan fingerprint density at radius 1 is 1.27 bits per heavy atom. The van der Waals surface area contributed by atoms with Crippen molar-refractivity contribution in [3.63, 3.8) is 0 Å². The quantitative estimate of drug-likeness (QED) is 0.149. The summed E-state index contributed by atoms with van der Waals surface area (Å²) in [5, 5.41) is 8.87. The summed E-state index contributed by atoms with van der Waals surface area (Å²) in [6.07, 6.45) is 1.70. The summed E-state index contributed by atoms with van der Waals surface area (Å²) < 4.78 is 10.5. The predicted molar refractivity (Wildman–Crippen MR) is 115 cm³/mol. The molecule has 26 heavy (non-hydrogen) atoms. The lowest BCUT2D eigenvalue weighted by atomic mass is 10.2. The molecule has 0 saturated heterocycles. The molecule has 0 bridgehead atoms. The smallest absolute Gasteiger partial charge is 0.239 e. The van der Waals surface area contributed by atoms with E-state index in [-0.39, 0.29) is 36.4 Å². The summed E-state index contributed by atoms with van der Waals surface area (Å²) in [7, 11) is 1.59. The van der Waals surface area contributed by atoms with Crippen molar-refractivity contribution in [3.05, 3.63) is 42.5 Å². The standard InChI is InChI=1S/C18H28N4O3.HI/c1-4-11-25-16-9-7-6-8-15(16)13-21-18(19-5-2)22-14-17(23)20-10-12-24-3;/h4,6-9H,1,5,10-14H2,2-3H3,(H,20,23)(H2,19,21,22);1H. The normalized spacial score (nSPS) is 10.5. The van der Waals surface area contributed by atoms with Crippen LogP contribution in [0.2, 0.25) is 0 Å². The first-order valence-electron chi connectivity index (χ1n) is 8.30. The van der Waals surface area contributed by atoms with Crippen LogP contribution in [0.15, 0.2) is 41.9 Å². The van der Waals surface area contributed by atoms with Crippen LogP contribution in [0.25, 0.3) is 0 Å². The maximum atomic E-state index is 11.7. The summed E-state index contributed by atoms with van der Waals surface area (Å²) in [4.78, 5) is 16.2. The molecule has 0 saturated carbocycles. The molecule has 0 heterocycles. The van der Waals surface area contributed by atoms with Crippen molar-refractivity contribution in [1.29, 1.82) is 0 Å². The molecule has 0 aliphatic carbocycles. The van der Waals surface area contributed by atoms with Gasteiger partial charge in [-0.15, -0.1) is 24.0 Å². The zero-order valence-corrected chi connectivity index (χ0v) is 17.7. The maximum Gasteiger partial charge on any atom is 0.239 e. The molecule has 0 aliphatic rings. The van der Waals surface area contributed by atoms with Crippen LogP contribution in [0.5, 0.6) is 5.75 Å². The fraction of sp³-hybridized carbons (Fsp3) is 0.444. The van der Waals surface area contributed by atoms with E-state index in [1.807, 2.05) is 31.2 Å². The van der Waals surface area contributed by atoms with E-state index < -0.39 is 0 Å². The van der Waals surface area contributed by atoms with Crippen molar-refractivity contribution in [3.8, 4) is 5.75 Å². The molecule has 1 aromatic rings. The van der Waals surface area contributed by atoms with Crippen molar-refractivity contribution in [1.82, 2.24) is 16.0 Å². The second kappa shape index (κ2) is 15.4. The van der Waals surface area contributed by atoms with Gasteiger partial charge in [-0.1, -0.05) is 30.9 Å². The van der Waals surface area contributed by atoms with Gasteiger partial charge in [0, 0.05) is 25.8 Å². The fourth-order valence-electron chi connectivity index (χ4n) is 1.95. The third-order valence-corrected chi connectivity index (χ3v) is 3.13. The zero-order chi connectivity index (χ0) is 18.3. The van der Waals surface area contributed by atoms with E-state index in [0.29, 0.717) is 38.8 Å². The van der Waals surface area contributed by atoms with Crippen LogP contribution >= 0.6 is 24.0 Å². The van der Waals surface area contributed by atoms with Gasteiger partial charge in [0.05, 0.1) is 19.7 Å². The highest BCUT2D eigenvalue weighted by Gasteiger charge is 2.05. The molecular formula is C18H29IN4O3. The van der Waals surface area contributed by atoms with Crippen LogP contribution in [0.4, 0.5) is 0 Å². The molecule has 0 aliphatic heterocycles. The molecule has 0 atom stereocenters. The number of nitrogens with zero attached hydrogens (tertiary/aromatic N) is 1. The Morgan fingerprint density at radius 2 is 2.04 bits per heavy atom. The maximum absolute atomic E-state index is 11.7. The Hall–Kier alpha value is -1.81. The summed E-state index contributed by atoms with van der Waals surface area (Å²) >= 11 is 0. The topological polar surface area (TPSA) is 84.0 Å². The van der Waals surface area contributed by atoms with Crippen molar-refractivity contribution in [2.45, 2.75) is 13.5 Å². The minimum atomic E-state index is -0.114. The average Bonchev–Trinajstić information content (AvgIpc) is 2.63. The molecule has 0 aromatic heterocycles. The lowest BCUT2D eigenvalue weighted by molar-refractivity contribution is -0.120. The van der Waals surface area contributed by atoms with E-state index in [4.69, 9.17) is 9.47 Å². The number of carbonyl (C=O) groups is 1. The van der Waals surface area contributed by atoms with Crippen molar-refractivity contribution in [2.75, 3.05) is 40.0 Å². The highest BCUT2D eigenvalue weighted by molar-refractivity contribution is 14.0. The average molecular weight is 476 g/mol. The first-order chi connectivity index (χ1) is 12.2. The van der Waals surface area contributed by atoms with Gasteiger partial charge in [0.25, 0.3) is 0 Å². The van der Waals surface area contributed by atoms with Gasteiger partial charge in [-0.2, -0.15) is 0 Å². The van der Waals surface area contributed by atoms with Gasteiger partial charge in [0.15, 0.2) is 5.96 Å². The zero-order valence-electron chi connectivity index (χ0n) is 15.4. The third kappa shape index (κ3) is 10.2. The fourth-order valence-corrected chi connectivity index (χ4v) is 1.95. The van der Waals surface area contributed by atoms with E-state index in [9.17, 15) is 4.79 Å². The second-order valence-electron chi connectivity index (χ2n) is 5.10. The number of para-hydroxylation sites is 1. The van der Waals surface area contributed by atoms with Crippen LogP contribution in [-0.4, -0.2) is 51.8 Å². The molecule has 0 spiro atoms. The molecule has 1 amide bonds. The molecule has 0 fully saturated rings. The predicted octanol–water partition coefficient (Wildman–Crippen LogP) is 1.69. The van der Waals surface area contributed by atoms with Gasteiger partial charge in [-0.05, 0) is 13.0 Å². The number of guanidine groups is 1.